The van der Waals surface area contributed by atoms with Crippen LogP contribution in [0.15, 0.2) is 72.9 Å². The van der Waals surface area contributed by atoms with Crippen LogP contribution in [0, 0.1) is 11.8 Å². The van der Waals surface area contributed by atoms with Crippen LogP contribution >= 0.6 is 37.2 Å². The van der Waals surface area contributed by atoms with Gasteiger partial charge in [-0.15, -0.1) is 37.2 Å². The molecule has 0 atom stereocenters. The van der Waals surface area contributed by atoms with E-state index in [9.17, 15) is 4.79 Å². The number of hydrogen-bond acceptors (Lipinski definition) is 6. The summed E-state index contributed by atoms with van der Waals surface area (Å²) in [4.78, 5) is 29.9. The number of nitrogens with zero attached hydrogens (tertiary/aromatic N) is 4. The summed E-state index contributed by atoms with van der Waals surface area (Å²) in [6.45, 7) is 4.85. The SMILES string of the molecule is Cl.Cl.Cl.O=C(NCCc1ccccn1)c1ccc2nc(N3CCC(C4CCNCC4)CC3)c(-c3ccccc3)nc2c1. The number of benzene rings is 2. The number of fused-ring (bicyclic) bond motifs is 1. The fourth-order valence-corrected chi connectivity index (χ4v) is 6.05. The third-order valence-corrected chi connectivity index (χ3v) is 8.24. The second-order valence-corrected chi connectivity index (χ2v) is 10.7. The number of rotatable bonds is 7. The van der Waals surface area contributed by atoms with Crippen LogP contribution in [0.25, 0.3) is 22.3 Å². The summed E-state index contributed by atoms with van der Waals surface area (Å²) in [7, 11) is 0. The van der Waals surface area contributed by atoms with Crippen LogP contribution in [-0.2, 0) is 6.42 Å². The van der Waals surface area contributed by atoms with E-state index < -0.39 is 0 Å². The van der Waals surface area contributed by atoms with E-state index >= 15 is 0 Å². The molecule has 2 aromatic carbocycles. The number of piperidine rings is 2. The molecule has 0 spiro atoms. The van der Waals surface area contributed by atoms with Gasteiger partial charge >= 0.3 is 0 Å². The summed E-state index contributed by atoms with van der Waals surface area (Å²) >= 11 is 0. The lowest BCUT2D eigenvalue weighted by Gasteiger charge is -2.38. The highest BCUT2D eigenvalue weighted by Gasteiger charge is 2.29. The molecule has 0 saturated carbocycles. The molecule has 2 fully saturated rings. The summed E-state index contributed by atoms with van der Waals surface area (Å²) in [6, 6.07) is 21.7. The van der Waals surface area contributed by atoms with Crippen LogP contribution in [0.3, 0.4) is 0 Å². The summed E-state index contributed by atoms with van der Waals surface area (Å²) in [5.74, 6) is 2.49. The molecule has 0 unspecified atom stereocenters. The zero-order valence-corrected chi connectivity index (χ0v) is 26.0. The molecule has 224 valence electrons. The monoisotopic (exact) mass is 628 g/mol. The van der Waals surface area contributed by atoms with Crippen molar-refractivity contribution in [1.29, 1.82) is 0 Å². The van der Waals surface area contributed by atoms with Gasteiger partial charge in [-0.05, 0) is 80.9 Å². The van der Waals surface area contributed by atoms with Crippen LogP contribution in [0.4, 0.5) is 5.82 Å². The summed E-state index contributed by atoms with van der Waals surface area (Å²) in [5.41, 5.74) is 5.04. The Balaban J connectivity index is 0.00000161. The van der Waals surface area contributed by atoms with E-state index in [1.165, 1.54) is 25.7 Å². The maximum absolute atomic E-state index is 12.9. The Labute approximate surface area is 266 Å². The van der Waals surface area contributed by atoms with E-state index in [4.69, 9.17) is 9.97 Å². The molecule has 7 nitrogen and oxygen atoms in total. The van der Waals surface area contributed by atoms with Crippen LogP contribution in [0.5, 0.6) is 0 Å². The molecule has 4 heterocycles. The van der Waals surface area contributed by atoms with E-state index in [0.29, 0.717) is 18.5 Å². The van der Waals surface area contributed by atoms with Crippen molar-refractivity contribution in [3.8, 4) is 11.3 Å². The Kier molecular flexibility index (Phi) is 12.8. The molecule has 4 aromatic rings. The molecule has 0 aliphatic carbocycles. The number of halogens is 3. The lowest BCUT2D eigenvalue weighted by atomic mass is 9.79. The zero-order valence-electron chi connectivity index (χ0n) is 23.6. The molecule has 2 aliphatic heterocycles. The van der Waals surface area contributed by atoms with Gasteiger partial charge in [0.15, 0.2) is 5.82 Å². The number of carbonyl (C=O) groups is 1. The lowest BCUT2D eigenvalue weighted by Crippen LogP contribution is -2.40. The third kappa shape index (κ3) is 7.90. The standard InChI is InChI=1S/C32H36N6O.3ClH/c39-32(35-19-13-27-8-4-5-16-34-27)26-9-10-28-29(22-26)36-30(25-6-2-1-3-7-25)31(37-28)38-20-14-24(15-21-38)23-11-17-33-18-12-23;;;/h1-10,16,22-24,33H,11-15,17-21H2,(H,35,39);3*1H. The fraction of sp³-hybridized carbons (Fsp3) is 0.375. The van der Waals surface area contributed by atoms with Crippen molar-refractivity contribution in [3.63, 3.8) is 0 Å². The number of amides is 1. The number of hydrogen-bond donors (Lipinski definition) is 2. The topological polar surface area (TPSA) is 83.0 Å². The average Bonchev–Trinajstić information content (AvgIpc) is 3.01. The molecule has 10 heteroatoms. The highest BCUT2D eigenvalue weighted by Crippen LogP contribution is 2.36. The van der Waals surface area contributed by atoms with E-state index in [-0.39, 0.29) is 43.1 Å². The van der Waals surface area contributed by atoms with Crippen LogP contribution in [0.2, 0.25) is 0 Å². The maximum atomic E-state index is 12.9. The van der Waals surface area contributed by atoms with Crippen molar-refractivity contribution in [2.24, 2.45) is 11.8 Å². The van der Waals surface area contributed by atoms with Gasteiger partial charge in [0.2, 0.25) is 0 Å². The number of pyridine rings is 1. The summed E-state index contributed by atoms with van der Waals surface area (Å²) < 4.78 is 0. The van der Waals surface area contributed by atoms with E-state index in [1.54, 1.807) is 6.20 Å². The van der Waals surface area contributed by atoms with Crippen molar-refractivity contribution >= 4 is 60.0 Å². The van der Waals surface area contributed by atoms with Crippen molar-refractivity contribution in [3.05, 3.63) is 84.2 Å². The van der Waals surface area contributed by atoms with Crippen molar-refractivity contribution in [2.75, 3.05) is 37.6 Å². The minimum Gasteiger partial charge on any atom is -0.355 e. The first-order valence-corrected chi connectivity index (χ1v) is 14.3. The van der Waals surface area contributed by atoms with Gasteiger partial charge in [-0.3, -0.25) is 9.78 Å². The molecule has 2 aliphatic rings. The van der Waals surface area contributed by atoms with Gasteiger partial charge in [0.05, 0.1) is 11.0 Å². The first-order chi connectivity index (χ1) is 19.2. The van der Waals surface area contributed by atoms with E-state index in [0.717, 1.165) is 71.8 Å². The smallest absolute Gasteiger partial charge is 0.251 e. The number of carbonyl (C=O) groups excluding carboxylic acids is 1. The Morgan fingerprint density at radius 2 is 1.55 bits per heavy atom. The lowest BCUT2D eigenvalue weighted by molar-refractivity contribution is 0.0954. The molecule has 42 heavy (non-hydrogen) atoms. The number of aromatic nitrogens is 3. The molecular weight excluding hydrogens is 591 g/mol. The Bertz CT molecular complexity index is 1410. The Morgan fingerprint density at radius 3 is 2.26 bits per heavy atom. The predicted molar refractivity (Wildman–Crippen MR) is 178 cm³/mol. The Hall–Kier alpha value is -2.97. The molecule has 2 saturated heterocycles. The van der Waals surface area contributed by atoms with Gasteiger partial charge in [0, 0.05) is 49.1 Å². The predicted octanol–water partition coefficient (Wildman–Crippen LogP) is 6.15. The minimum atomic E-state index is -0.111. The van der Waals surface area contributed by atoms with Gasteiger partial charge in [0.25, 0.3) is 5.91 Å². The first kappa shape index (κ1) is 33.5. The second kappa shape index (κ2) is 16.0. The molecule has 2 aromatic heterocycles. The normalized spacial score (nSPS) is 15.7. The molecule has 6 rings (SSSR count). The zero-order chi connectivity index (χ0) is 26.4. The average molecular weight is 630 g/mol. The summed E-state index contributed by atoms with van der Waals surface area (Å²) in [6.07, 6.45) is 7.47. The number of anilines is 1. The molecule has 1 amide bonds. The van der Waals surface area contributed by atoms with Crippen LogP contribution in [-0.4, -0.2) is 53.6 Å². The van der Waals surface area contributed by atoms with Gasteiger partial charge in [-0.2, -0.15) is 0 Å². The summed E-state index contributed by atoms with van der Waals surface area (Å²) in [5, 5.41) is 6.52. The van der Waals surface area contributed by atoms with Crippen LogP contribution < -0.4 is 15.5 Å². The minimum absolute atomic E-state index is 0. The molecule has 2 N–H and O–H groups in total. The van der Waals surface area contributed by atoms with Gasteiger partial charge in [-0.25, -0.2) is 9.97 Å². The third-order valence-electron chi connectivity index (χ3n) is 8.24. The van der Waals surface area contributed by atoms with E-state index in [1.807, 2.05) is 54.6 Å². The molecule has 0 radical (unpaired) electrons. The van der Waals surface area contributed by atoms with Gasteiger partial charge in [-0.1, -0.05) is 36.4 Å². The van der Waals surface area contributed by atoms with Crippen molar-refractivity contribution in [2.45, 2.75) is 32.1 Å². The quantitative estimate of drug-likeness (QED) is 0.255. The van der Waals surface area contributed by atoms with Crippen molar-refractivity contribution in [1.82, 2.24) is 25.6 Å². The molecular formula is C32H39Cl3N6O. The second-order valence-electron chi connectivity index (χ2n) is 10.7. The molecule has 0 bridgehead atoms. The van der Waals surface area contributed by atoms with Crippen molar-refractivity contribution < 1.29 is 4.79 Å². The Morgan fingerprint density at radius 1 is 0.833 bits per heavy atom. The highest BCUT2D eigenvalue weighted by molar-refractivity contribution is 5.98. The largest absolute Gasteiger partial charge is 0.355 e. The first-order valence-electron chi connectivity index (χ1n) is 14.3. The van der Waals surface area contributed by atoms with Crippen LogP contribution in [0.1, 0.15) is 41.7 Å². The number of nitrogens with one attached hydrogen (secondary N) is 2. The maximum Gasteiger partial charge on any atom is 0.251 e. The highest BCUT2D eigenvalue weighted by atomic mass is 35.5. The van der Waals surface area contributed by atoms with E-state index in [2.05, 4.69) is 32.7 Å². The van der Waals surface area contributed by atoms with Gasteiger partial charge in [0.1, 0.15) is 5.69 Å². The van der Waals surface area contributed by atoms with Gasteiger partial charge < -0.3 is 15.5 Å². The fourth-order valence-electron chi connectivity index (χ4n) is 6.05.